The molecule has 4 heteroatoms. The van der Waals surface area contributed by atoms with E-state index in [9.17, 15) is 9.59 Å². The van der Waals surface area contributed by atoms with Crippen LogP contribution in [0.25, 0.3) is 10.9 Å². The maximum atomic E-state index is 11.3. The van der Waals surface area contributed by atoms with Crippen molar-refractivity contribution < 1.29 is 9.59 Å². The molecule has 0 bridgehead atoms. The van der Waals surface area contributed by atoms with E-state index < -0.39 is 0 Å². The average Bonchev–Trinajstić information content (AvgIpc) is 2.76. The van der Waals surface area contributed by atoms with Crippen LogP contribution in [0, 0.1) is 0 Å². The Hall–Kier alpha value is -2.10. The second-order valence-corrected chi connectivity index (χ2v) is 5.04. The van der Waals surface area contributed by atoms with Crippen molar-refractivity contribution in [1.82, 2.24) is 4.57 Å². The lowest BCUT2D eigenvalue weighted by atomic mass is 10.1. The van der Waals surface area contributed by atoms with Gasteiger partial charge < -0.3 is 9.47 Å². The third-order valence-electron chi connectivity index (χ3n) is 3.82. The molecule has 0 spiro atoms. The van der Waals surface area contributed by atoms with Crippen LogP contribution < -0.4 is 4.90 Å². The van der Waals surface area contributed by atoms with E-state index in [1.54, 1.807) is 0 Å². The van der Waals surface area contributed by atoms with Gasteiger partial charge in [-0.05, 0) is 18.2 Å². The maximum Gasteiger partial charge on any atom is 0.152 e. The molecule has 2 heterocycles. The Kier molecular flexibility index (Phi) is 2.85. The minimum absolute atomic E-state index is 0.339. The van der Waals surface area contributed by atoms with Gasteiger partial charge in [0, 0.05) is 61.3 Å². The third kappa shape index (κ3) is 2.03. The summed E-state index contributed by atoms with van der Waals surface area (Å²) in [7, 11) is 1.94. The highest BCUT2D eigenvalue weighted by Crippen LogP contribution is 2.26. The van der Waals surface area contributed by atoms with Gasteiger partial charge in [-0.1, -0.05) is 0 Å². The fraction of sp³-hybridized carbons (Fsp3) is 0.333. The molecule has 1 fully saturated rings. The van der Waals surface area contributed by atoms with E-state index in [1.165, 1.54) is 0 Å². The van der Waals surface area contributed by atoms with Crippen molar-refractivity contribution in [2.45, 2.75) is 12.8 Å². The van der Waals surface area contributed by atoms with Crippen LogP contribution in [-0.4, -0.2) is 29.7 Å². The highest BCUT2D eigenvalue weighted by atomic mass is 16.1. The standard InChI is InChI=1S/C15H16N2O2/c1-16-9-11(10-18)14-8-12(2-3-15(14)16)17-6-4-13(19)5-7-17/h2-3,8-10H,4-7H2,1H3. The maximum absolute atomic E-state index is 11.3. The molecule has 1 aromatic heterocycles. The predicted octanol–water partition coefficient (Wildman–Crippen LogP) is 2.16. The Labute approximate surface area is 111 Å². The van der Waals surface area contributed by atoms with E-state index in [4.69, 9.17) is 0 Å². The molecular weight excluding hydrogens is 240 g/mol. The van der Waals surface area contributed by atoms with Gasteiger partial charge in [0.15, 0.2) is 6.29 Å². The fourth-order valence-electron chi connectivity index (χ4n) is 2.72. The minimum Gasteiger partial charge on any atom is -0.371 e. The highest BCUT2D eigenvalue weighted by molar-refractivity contribution is 5.99. The van der Waals surface area contributed by atoms with Gasteiger partial charge in [-0.3, -0.25) is 9.59 Å². The molecular formula is C15H16N2O2. The fourth-order valence-corrected chi connectivity index (χ4v) is 2.72. The first-order chi connectivity index (χ1) is 9.19. The number of carbonyl (C=O) groups is 2. The van der Waals surface area contributed by atoms with Gasteiger partial charge in [0.05, 0.1) is 0 Å². The second kappa shape index (κ2) is 4.53. The largest absolute Gasteiger partial charge is 0.371 e. The SMILES string of the molecule is Cn1cc(C=O)c2cc(N3CCC(=O)CC3)ccc21. The molecule has 0 radical (unpaired) electrons. The average molecular weight is 256 g/mol. The van der Waals surface area contributed by atoms with Crippen LogP contribution >= 0.6 is 0 Å². The van der Waals surface area contributed by atoms with Crippen LogP contribution in [0.3, 0.4) is 0 Å². The van der Waals surface area contributed by atoms with Gasteiger partial charge in [-0.2, -0.15) is 0 Å². The van der Waals surface area contributed by atoms with Crippen LogP contribution in [0.4, 0.5) is 5.69 Å². The number of carbonyl (C=O) groups excluding carboxylic acids is 2. The summed E-state index contributed by atoms with van der Waals surface area (Å²) in [5.74, 6) is 0.339. The Morgan fingerprint density at radius 3 is 2.63 bits per heavy atom. The van der Waals surface area contributed by atoms with E-state index in [-0.39, 0.29) is 0 Å². The van der Waals surface area contributed by atoms with Crippen LogP contribution in [0.15, 0.2) is 24.4 Å². The molecule has 98 valence electrons. The normalized spacial score (nSPS) is 16.1. The number of aryl methyl sites for hydroxylation is 1. The molecule has 0 aliphatic carbocycles. The van der Waals surface area contributed by atoms with Crippen molar-refractivity contribution in [3.8, 4) is 0 Å². The zero-order valence-electron chi connectivity index (χ0n) is 10.9. The molecule has 2 aromatic rings. The number of fused-ring (bicyclic) bond motifs is 1. The number of hydrogen-bond acceptors (Lipinski definition) is 3. The molecule has 1 aliphatic rings. The summed E-state index contributed by atoms with van der Waals surface area (Å²) in [6.45, 7) is 1.54. The van der Waals surface area contributed by atoms with Crippen LogP contribution in [0.5, 0.6) is 0 Å². The highest BCUT2D eigenvalue weighted by Gasteiger charge is 2.17. The van der Waals surface area contributed by atoms with Gasteiger partial charge in [-0.15, -0.1) is 0 Å². The Balaban J connectivity index is 2.01. The summed E-state index contributed by atoms with van der Waals surface area (Å²) in [5, 5.41) is 0.979. The van der Waals surface area contributed by atoms with Crippen LogP contribution in [0.2, 0.25) is 0 Å². The number of Topliss-reactive ketones (excluding diaryl/α,β-unsaturated/α-hetero) is 1. The van der Waals surface area contributed by atoms with E-state index in [0.717, 1.165) is 36.0 Å². The number of aromatic nitrogens is 1. The summed E-state index contributed by atoms with van der Waals surface area (Å²) in [6, 6.07) is 6.15. The number of benzene rings is 1. The number of nitrogens with zero attached hydrogens (tertiary/aromatic N) is 2. The first kappa shape index (κ1) is 12.0. The molecule has 0 saturated carbocycles. The second-order valence-electron chi connectivity index (χ2n) is 5.04. The Bertz CT molecular complexity index is 647. The van der Waals surface area contributed by atoms with Crippen molar-refractivity contribution in [2.75, 3.05) is 18.0 Å². The molecule has 1 aliphatic heterocycles. The lowest BCUT2D eigenvalue weighted by Gasteiger charge is -2.28. The quantitative estimate of drug-likeness (QED) is 0.773. The molecule has 0 N–H and O–H groups in total. The number of aldehydes is 1. The first-order valence-corrected chi connectivity index (χ1v) is 6.50. The Morgan fingerprint density at radius 2 is 1.95 bits per heavy atom. The smallest absolute Gasteiger partial charge is 0.152 e. The number of rotatable bonds is 2. The summed E-state index contributed by atoms with van der Waals surface area (Å²) in [6.07, 6.45) is 3.98. The summed E-state index contributed by atoms with van der Waals surface area (Å²) in [5.41, 5.74) is 2.86. The van der Waals surface area contributed by atoms with Crippen molar-refractivity contribution >= 4 is 28.7 Å². The van der Waals surface area contributed by atoms with Gasteiger partial charge in [0.1, 0.15) is 5.78 Å². The number of piperidine rings is 1. The summed E-state index contributed by atoms with van der Waals surface area (Å²) in [4.78, 5) is 24.6. The zero-order chi connectivity index (χ0) is 13.4. The topological polar surface area (TPSA) is 42.3 Å². The van der Waals surface area contributed by atoms with Gasteiger partial charge in [0.2, 0.25) is 0 Å². The van der Waals surface area contributed by atoms with Crippen molar-refractivity contribution in [3.05, 3.63) is 30.0 Å². The van der Waals surface area contributed by atoms with E-state index in [2.05, 4.69) is 17.0 Å². The monoisotopic (exact) mass is 256 g/mol. The van der Waals surface area contributed by atoms with Gasteiger partial charge >= 0.3 is 0 Å². The molecule has 3 rings (SSSR count). The number of ketones is 1. The van der Waals surface area contributed by atoms with Gasteiger partial charge in [0.25, 0.3) is 0 Å². The molecule has 0 atom stereocenters. The van der Waals surface area contributed by atoms with Crippen molar-refractivity contribution in [3.63, 3.8) is 0 Å². The molecule has 1 aromatic carbocycles. The number of hydrogen-bond donors (Lipinski definition) is 0. The van der Waals surface area contributed by atoms with Crippen molar-refractivity contribution in [1.29, 1.82) is 0 Å². The van der Waals surface area contributed by atoms with Crippen molar-refractivity contribution in [2.24, 2.45) is 7.05 Å². The van der Waals surface area contributed by atoms with Crippen LogP contribution in [-0.2, 0) is 11.8 Å². The number of anilines is 1. The lowest BCUT2D eigenvalue weighted by molar-refractivity contribution is -0.119. The predicted molar refractivity (Wildman–Crippen MR) is 74.8 cm³/mol. The van der Waals surface area contributed by atoms with E-state index in [1.807, 2.05) is 23.9 Å². The summed E-state index contributed by atoms with van der Waals surface area (Å²) >= 11 is 0. The third-order valence-corrected chi connectivity index (χ3v) is 3.82. The minimum atomic E-state index is 0.339. The van der Waals surface area contributed by atoms with Crippen LogP contribution in [0.1, 0.15) is 23.2 Å². The van der Waals surface area contributed by atoms with E-state index in [0.29, 0.717) is 24.2 Å². The first-order valence-electron chi connectivity index (χ1n) is 6.50. The lowest BCUT2D eigenvalue weighted by Crippen LogP contribution is -2.33. The Morgan fingerprint density at radius 1 is 1.21 bits per heavy atom. The van der Waals surface area contributed by atoms with E-state index >= 15 is 0 Å². The molecule has 19 heavy (non-hydrogen) atoms. The molecule has 1 saturated heterocycles. The zero-order valence-corrected chi connectivity index (χ0v) is 10.9. The molecule has 4 nitrogen and oxygen atoms in total. The molecule has 0 amide bonds. The molecule has 0 unspecified atom stereocenters. The van der Waals surface area contributed by atoms with Gasteiger partial charge in [-0.25, -0.2) is 0 Å². The summed E-state index contributed by atoms with van der Waals surface area (Å²) < 4.78 is 1.96.